The molecule has 0 amide bonds. The first-order valence-electron chi connectivity index (χ1n) is 5.93. The van der Waals surface area contributed by atoms with E-state index in [2.05, 4.69) is 54.8 Å². The Morgan fingerprint density at radius 3 is 2.33 bits per heavy atom. The summed E-state index contributed by atoms with van der Waals surface area (Å²) in [5.74, 6) is 0.647. The molecule has 4 heteroatoms. The summed E-state index contributed by atoms with van der Waals surface area (Å²) in [6.45, 7) is 8.44. The number of nitrogens with zero attached hydrogens (tertiary/aromatic N) is 2. The highest BCUT2D eigenvalue weighted by Gasteiger charge is 2.25. The van der Waals surface area contributed by atoms with Gasteiger partial charge in [-0.05, 0) is 34.5 Å². The van der Waals surface area contributed by atoms with Crippen molar-refractivity contribution in [1.29, 1.82) is 0 Å². The zero-order chi connectivity index (χ0) is 13.5. The highest BCUT2D eigenvalue weighted by Crippen LogP contribution is 2.34. The number of aryl methyl sites for hydroxylation is 1. The van der Waals surface area contributed by atoms with Crippen LogP contribution >= 0.6 is 15.9 Å². The summed E-state index contributed by atoms with van der Waals surface area (Å²) in [5, 5.41) is 4.66. The van der Waals surface area contributed by atoms with Gasteiger partial charge in [0.25, 0.3) is 0 Å². The summed E-state index contributed by atoms with van der Waals surface area (Å²) < 4.78 is 2.69. The minimum atomic E-state index is -0.0408. The summed E-state index contributed by atoms with van der Waals surface area (Å²) >= 11 is 3.55. The average Bonchev–Trinajstić information content (AvgIpc) is 2.57. The van der Waals surface area contributed by atoms with Crippen LogP contribution in [0.3, 0.4) is 0 Å². The van der Waals surface area contributed by atoms with Gasteiger partial charge in [-0.15, -0.1) is 0 Å². The maximum Gasteiger partial charge on any atom is 0.141 e. The predicted octanol–water partition coefficient (Wildman–Crippen LogP) is 3.82. The Morgan fingerprint density at radius 2 is 1.83 bits per heavy atom. The lowest BCUT2D eigenvalue weighted by atomic mass is 9.92. The number of anilines is 1. The summed E-state index contributed by atoms with van der Waals surface area (Å²) in [4.78, 5) is 0. The Hall–Kier alpha value is -1.29. The van der Waals surface area contributed by atoms with Gasteiger partial charge in [0.2, 0.25) is 0 Å². The van der Waals surface area contributed by atoms with Crippen molar-refractivity contribution in [2.24, 2.45) is 0 Å². The SMILES string of the molecule is Cc1ccccc1-n1nc(C(C)(C)C)c(Br)c1N. The van der Waals surface area contributed by atoms with Crippen LogP contribution < -0.4 is 5.73 Å². The number of hydrogen-bond donors (Lipinski definition) is 1. The average molecular weight is 308 g/mol. The van der Waals surface area contributed by atoms with Crippen LogP contribution in [-0.4, -0.2) is 9.78 Å². The Bertz CT molecular complexity index is 579. The second kappa shape index (κ2) is 4.43. The fraction of sp³-hybridized carbons (Fsp3) is 0.357. The third kappa shape index (κ3) is 2.17. The van der Waals surface area contributed by atoms with Crippen molar-refractivity contribution < 1.29 is 0 Å². The normalized spacial score (nSPS) is 11.8. The second-order valence-corrected chi connectivity index (χ2v) is 6.29. The number of rotatable bonds is 1. The standard InChI is InChI=1S/C14H18BrN3/c1-9-7-5-6-8-10(9)18-13(16)11(15)12(17-18)14(2,3)4/h5-8H,16H2,1-4H3. The van der Waals surface area contributed by atoms with Gasteiger partial charge in [0.05, 0.1) is 15.9 Å². The van der Waals surface area contributed by atoms with Gasteiger partial charge >= 0.3 is 0 Å². The molecule has 0 saturated heterocycles. The molecule has 96 valence electrons. The van der Waals surface area contributed by atoms with Crippen molar-refractivity contribution in [2.75, 3.05) is 5.73 Å². The van der Waals surface area contributed by atoms with Gasteiger partial charge in [0, 0.05) is 5.41 Å². The molecule has 0 spiro atoms. The van der Waals surface area contributed by atoms with Crippen molar-refractivity contribution >= 4 is 21.7 Å². The molecule has 2 N–H and O–H groups in total. The molecular formula is C14H18BrN3. The fourth-order valence-corrected chi connectivity index (χ4v) is 2.72. The third-order valence-electron chi connectivity index (χ3n) is 2.92. The molecule has 0 unspecified atom stereocenters. The maximum absolute atomic E-state index is 6.15. The van der Waals surface area contributed by atoms with E-state index in [0.717, 1.165) is 21.4 Å². The summed E-state index contributed by atoms with van der Waals surface area (Å²) in [6, 6.07) is 8.09. The van der Waals surface area contributed by atoms with E-state index in [0.29, 0.717) is 5.82 Å². The van der Waals surface area contributed by atoms with E-state index in [1.807, 2.05) is 18.2 Å². The molecule has 0 bridgehead atoms. The maximum atomic E-state index is 6.15. The third-order valence-corrected chi connectivity index (χ3v) is 3.70. The number of hydrogen-bond acceptors (Lipinski definition) is 2. The van der Waals surface area contributed by atoms with E-state index >= 15 is 0 Å². The van der Waals surface area contributed by atoms with Gasteiger partial charge < -0.3 is 5.73 Å². The Kier molecular flexibility index (Phi) is 3.23. The molecular weight excluding hydrogens is 290 g/mol. The molecule has 2 rings (SSSR count). The minimum absolute atomic E-state index is 0.0408. The number of benzene rings is 1. The van der Waals surface area contributed by atoms with E-state index in [4.69, 9.17) is 5.73 Å². The molecule has 0 radical (unpaired) electrons. The Balaban J connectivity index is 2.65. The smallest absolute Gasteiger partial charge is 0.141 e. The Morgan fingerprint density at radius 1 is 1.22 bits per heavy atom. The number of halogens is 1. The van der Waals surface area contributed by atoms with Crippen LogP contribution in [0.4, 0.5) is 5.82 Å². The lowest BCUT2D eigenvalue weighted by molar-refractivity contribution is 0.558. The lowest BCUT2D eigenvalue weighted by Crippen LogP contribution is -2.13. The minimum Gasteiger partial charge on any atom is -0.383 e. The molecule has 1 heterocycles. The second-order valence-electron chi connectivity index (χ2n) is 5.50. The van der Waals surface area contributed by atoms with Gasteiger partial charge in [-0.25, -0.2) is 4.68 Å². The van der Waals surface area contributed by atoms with E-state index in [1.54, 1.807) is 4.68 Å². The largest absolute Gasteiger partial charge is 0.383 e. The first-order chi connectivity index (χ1) is 8.32. The van der Waals surface area contributed by atoms with Crippen LogP contribution in [0.15, 0.2) is 28.7 Å². The number of para-hydroxylation sites is 1. The summed E-state index contributed by atoms with van der Waals surface area (Å²) in [6.07, 6.45) is 0. The summed E-state index contributed by atoms with van der Waals surface area (Å²) in [5.41, 5.74) is 9.26. The monoisotopic (exact) mass is 307 g/mol. The van der Waals surface area contributed by atoms with Crippen molar-refractivity contribution in [3.05, 3.63) is 40.0 Å². The molecule has 0 aliphatic heterocycles. The molecule has 0 fully saturated rings. The molecule has 18 heavy (non-hydrogen) atoms. The molecule has 0 saturated carbocycles. The van der Waals surface area contributed by atoms with Crippen LogP contribution in [0.1, 0.15) is 32.0 Å². The Labute approximate surface area is 116 Å². The molecule has 2 aromatic rings. The highest BCUT2D eigenvalue weighted by molar-refractivity contribution is 9.10. The highest BCUT2D eigenvalue weighted by atomic mass is 79.9. The predicted molar refractivity (Wildman–Crippen MR) is 79.1 cm³/mol. The van der Waals surface area contributed by atoms with E-state index in [-0.39, 0.29) is 5.41 Å². The molecule has 3 nitrogen and oxygen atoms in total. The van der Waals surface area contributed by atoms with Crippen LogP contribution in [-0.2, 0) is 5.41 Å². The van der Waals surface area contributed by atoms with E-state index in [1.165, 1.54) is 0 Å². The number of aromatic nitrogens is 2. The van der Waals surface area contributed by atoms with Gasteiger partial charge in [-0.3, -0.25) is 0 Å². The van der Waals surface area contributed by atoms with Crippen molar-refractivity contribution in [3.63, 3.8) is 0 Å². The van der Waals surface area contributed by atoms with Gasteiger partial charge in [0.15, 0.2) is 0 Å². The van der Waals surface area contributed by atoms with Crippen LogP contribution in [0.2, 0.25) is 0 Å². The molecule has 0 atom stereocenters. The van der Waals surface area contributed by atoms with E-state index < -0.39 is 0 Å². The molecule has 0 aliphatic carbocycles. The lowest BCUT2D eigenvalue weighted by Gasteiger charge is -2.15. The first kappa shape index (κ1) is 13.1. The van der Waals surface area contributed by atoms with Gasteiger partial charge in [0.1, 0.15) is 5.82 Å². The molecule has 1 aromatic heterocycles. The summed E-state index contributed by atoms with van der Waals surface area (Å²) in [7, 11) is 0. The van der Waals surface area contributed by atoms with Gasteiger partial charge in [-0.1, -0.05) is 39.0 Å². The van der Waals surface area contributed by atoms with Crippen molar-refractivity contribution in [1.82, 2.24) is 9.78 Å². The van der Waals surface area contributed by atoms with Crippen LogP contribution in [0.5, 0.6) is 0 Å². The first-order valence-corrected chi connectivity index (χ1v) is 6.72. The number of nitrogens with two attached hydrogens (primary N) is 1. The fourth-order valence-electron chi connectivity index (χ4n) is 1.88. The zero-order valence-corrected chi connectivity index (χ0v) is 12.7. The van der Waals surface area contributed by atoms with Crippen molar-refractivity contribution in [2.45, 2.75) is 33.1 Å². The van der Waals surface area contributed by atoms with Crippen molar-refractivity contribution in [3.8, 4) is 5.69 Å². The quantitative estimate of drug-likeness (QED) is 0.870. The molecule has 1 aromatic carbocycles. The zero-order valence-electron chi connectivity index (χ0n) is 11.2. The van der Waals surface area contributed by atoms with Gasteiger partial charge in [-0.2, -0.15) is 5.10 Å². The van der Waals surface area contributed by atoms with Crippen LogP contribution in [0.25, 0.3) is 5.69 Å². The molecule has 0 aliphatic rings. The van der Waals surface area contributed by atoms with Crippen LogP contribution in [0, 0.1) is 6.92 Å². The topological polar surface area (TPSA) is 43.8 Å². The van der Waals surface area contributed by atoms with E-state index in [9.17, 15) is 0 Å². The number of nitrogen functional groups attached to an aromatic ring is 1.